The van der Waals surface area contributed by atoms with Gasteiger partial charge in [0, 0.05) is 6.04 Å². The van der Waals surface area contributed by atoms with E-state index in [1.54, 1.807) is 0 Å². The first kappa shape index (κ1) is 11.7. The molecule has 1 aliphatic rings. The summed E-state index contributed by atoms with van der Waals surface area (Å²) < 4.78 is 0. The topological polar surface area (TPSA) is 15.3 Å². The van der Waals surface area contributed by atoms with E-state index in [2.05, 4.69) is 36.2 Å². The molecular formula is C12H24N2. The largest absolute Gasteiger partial charge is 0.314 e. The Morgan fingerprint density at radius 3 is 2.64 bits per heavy atom. The number of likely N-dealkylation sites (tertiary alicyclic amines) is 1. The van der Waals surface area contributed by atoms with Crippen molar-refractivity contribution in [2.75, 3.05) is 26.2 Å². The fourth-order valence-electron chi connectivity index (χ4n) is 1.99. The first-order valence-electron chi connectivity index (χ1n) is 5.93. The quantitative estimate of drug-likeness (QED) is 0.534. The Morgan fingerprint density at radius 1 is 1.36 bits per heavy atom. The second kappa shape index (κ2) is 7.02. The van der Waals surface area contributed by atoms with Crippen LogP contribution in [0.4, 0.5) is 0 Å². The Morgan fingerprint density at radius 2 is 2.07 bits per heavy atom. The average molecular weight is 196 g/mol. The molecule has 14 heavy (non-hydrogen) atoms. The summed E-state index contributed by atoms with van der Waals surface area (Å²) in [4.78, 5) is 2.53. The van der Waals surface area contributed by atoms with Gasteiger partial charge in [0.15, 0.2) is 0 Å². The molecule has 0 aromatic rings. The SMILES string of the molecule is C/C=C/CCNC1CCN(CC)CC1. The minimum atomic E-state index is 0.767. The van der Waals surface area contributed by atoms with Crippen molar-refractivity contribution in [1.82, 2.24) is 10.2 Å². The molecule has 1 aliphatic heterocycles. The van der Waals surface area contributed by atoms with Gasteiger partial charge >= 0.3 is 0 Å². The van der Waals surface area contributed by atoms with Crippen LogP contribution in [-0.4, -0.2) is 37.1 Å². The van der Waals surface area contributed by atoms with Crippen LogP contribution in [-0.2, 0) is 0 Å². The maximum absolute atomic E-state index is 3.62. The Bertz CT molecular complexity index is 158. The lowest BCUT2D eigenvalue weighted by atomic mass is 10.1. The van der Waals surface area contributed by atoms with Crippen LogP contribution < -0.4 is 5.32 Å². The fourth-order valence-corrected chi connectivity index (χ4v) is 1.99. The zero-order valence-corrected chi connectivity index (χ0v) is 9.63. The van der Waals surface area contributed by atoms with E-state index in [9.17, 15) is 0 Å². The zero-order valence-electron chi connectivity index (χ0n) is 9.63. The first-order chi connectivity index (χ1) is 6.86. The molecule has 2 nitrogen and oxygen atoms in total. The summed E-state index contributed by atoms with van der Waals surface area (Å²) >= 11 is 0. The minimum Gasteiger partial charge on any atom is -0.314 e. The van der Waals surface area contributed by atoms with E-state index in [4.69, 9.17) is 0 Å². The van der Waals surface area contributed by atoms with Crippen LogP contribution in [0.5, 0.6) is 0 Å². The molecule has 1 N–H and O–H groups in total. The van der Waals surface area contributed by atoms with Crippen LogP contribution in [0.2, 0.25) is 0 Å². The molecule has 0 unspecified atom stereocenters. The van der Waals surface area contributed by atoms with Gasteiger partial charge < -0.3 is 10.2 Å². The number of rotatable bonds is 5. The minimum absolute atomic E-state index is 0.767. The number of nitrogens with zero attached hydrogens (tertiary/aromatic N) is 1. The molecule has 0 amide bonds. The van der Waals surface area contributed by atoms with Crippen LogP contribution in [0.25, 0.3) is 0 Å². The molecule has 2 heteroatoms. The van der Waals surface area contributed by atoms with Gasteiger partial charge in [-0.3, -0.25) is 0 Å². The average Bonchev–Trinajstić information content (AvgIpc) is 2.25. The molecule has 1 heterocycles. The molecule has 82 valence electrons. The lowest BCUT2D eigenvalue weighted by Gasteiger charge is -2.31. The second-order valence-electron chi connectivity index (χ2n) is 4.02. The van der Waals surface area contributed by atoms with Gasteiger partial charge in [0.05, 0.1) is 0 Å². The van der Waals surface area contributed by atoms with Crippen LogP contribution in [0.3, 0.4) is 0 Å². The molecule has 1 saturated heterocycles. The number of allylic oxidation sites excluding steroid dienone is 1. The van der Waals surface area contributed by atoms with Crippen LogP contribution in [0.15, 0.2) is 12.2 Å². The maximum atomic E-state index is 3.62. The summed E-state index contributed by atoms with van der Waals surface area (Å²) in [6.07, 6.45) is 8.17. The van der Waals surface area contributed by atoms with Crippen molar-refractivity contribution < 1.29 is 0 Å². The van der Waals surface area contributed by atoms with Crippen molar-refractivity contribution in [3.8, 4) is 0 Å². The van der Waals surface area contributed by atoms with E-state index in [1.807, 2.05) is 0 Å². The fraction of sp³-hybridized carbons (Fsp3) is 0.833. The number of hydrogen-bond donors (Lipinski definition) is 1. The molecule has 0 aromatic carbocycles. The van der Waals surface area contributed by atoms with Crippen molar-refractivity contribution in [2.45, 2.75) is 39.2 Å². The van der Waals surface area contributed by atoms with Crippen molar-refractivity contribution in [3.63, 3.8) is 0 Å². The molecule has 0 saturated carbocycles. The van der Waals surface area contributed by atoms with Crippen LogP contribution in [0, 0.1) is 0 Å². The molecule has 0 aliphatic carbocycles. The third-order valence-electron chi connectivity index (χ3n) is 3.01. The third kappa shape index (κ3) is 4.25. The highest BCUT2D eigenvalue weighted by Crippen LogP contribution is 2.09. The predicted octanol–water partition coefficient (Wildman–Crippen LogP) is 2.03. The number of piperidine rings is 1. The smallest absolute Gasteiger partial charge is 0.00915 e. The van der Waals surface area contributed by atoms with E-state index in [1.165, 1.54) is 38.9 Å². The van der Waals surface area contributed by atoms with Gasteiger partial charge in [-0.25, -0.2) is 0 Å². The first-order valence-corrected chi connectivity index (χ1v) is 5.93. The number of hydrogen-bond acceptors (Lipinski definition) is 2. The van der Waals surface area contributed by atoms with Crippen molar-refractivity contribution in [1.29, 1.82) is 0 Å². The van der Waals surface area contributed by atoms with Crippen LogP contribution in [0.1, 0.15) is 33.1 Å². The lowest BCUT2D eigenvalue weighted by molar-refractivity contribution is 0.207. The van der Waals surface area contributed by atoms with Gasteiger partial charge in [0.25, 0.3) is 0 Å². The van der Waals surface area contributed by atoms with E-state index >= 15 is 0 Å². The van der Waals surface area contributed by atoms with Crippen molar-refractivity contribution >= 4 is 0 Å². The molecule has 0 spiro atoms. The van der Waals surface area contributed by atoms with Crippen molar-refractivity contribution in [2.24, 2.45) is 0 Å². The van der Waals surface area contributed by atoms with Gasteiger partial charge in [-0.1, -0.05) is 19.1 Å². The summed E-state index contributed by atoms with van der Waals surface area (Å²) in [5.74, 6) is 0. The van der Waals surface area contributed by atoms with E-state index in [-0.39, 0.29) is 0 Å². The molecule has 0 bridgehead atoms. The molecule has 0 atom stereocenters. The van der Waals surface area contributed by atoms with E-state index in [0.29, 0.717) is 0 Å². The molecule has 0 aromatic heterocycles. The molecule has 0 radical (unpaired) electrons. The molecule has 1 fully saturated rings. The Balaban J connectivity index is 2.04. The van der Waals surface area contributed by atoms with Gasteiger partial charge in [-0.2, -0.15) is 0 Å². The van der Waals surface area contributed by atoms with Crippen molar-refractivity contribution in [3.05, 3.63) is 12.2 Å². The highest BCUT2D eigenvalue weighted by Gasteiger charge is 2.16. The lowest BCUT2D eigenvalue weighted by Crippen LogP contribution is -2.42. The Kier molecular flexibility index (Phi) is 5.88. The summed E-state index contributed by atoms with van der Waals surface area (Å²) in [5, 5.41) is 3.62. The highest BCUT2D eigenvalue weighted by atomic mass is 15.1. The predicted molar refractivity (Wildman–Crippen MR) is 62.6 cm³/mol. The van der Waals surface area contributed by atoms with Gasteiger partial charge in [-0.15, -0.1) is 0 Å². The monoisotopic (exact) mass is 196 g/mol. The molecular weight excluding hydrogens is 172 g/mol. The summed E-state index contributed by atoms with van der Waals surface area (Å²) in [5.41, 5.74) is 0. The third-order valence-corrected chi connectivity index (χ3v) is 3.01. The summed E-state index contributed by atoms with van der Waals surface area (Å²) in [6.45, 7) is 9.24. The van der Waals surface area contributed by atoms with Gasteiger partial charge in [-0.05, 0) is 52.4 Å². The van der Waals surface area contributed by atoms with Crippen LogP contribution >= 0.6 is 0 Å². The Hall–Kier alpha value is -0.340. The van der Waals surface area contributed by atoms with E-state index < -0.39 is 0 Å². The number of nitrogens with one attached hydrogen (secondary N) is 1. The summed E-state index contributed by atoms with van der Waals surface area (Å²) in [6, 6.07) is 0.767. The zero-order chi connectivity index (χ0) is 10.2. The standard InChI is InChI=1S/C12H24N2/c1-3-5-6-9-13-12-7-10-14(4-2)11-8-12/h3,5,12-13H,4,6-11H2,1-2H3/b5-3+. The second-order valence-corrected chi connectivity index (χ2v) is 4.02. The van der Waals surface area contributed by atoms with Gasteiger partial charge in [0.2, 0.25) is 0 Å². The van der Waals surface area contributed by atoms with E-state index in [0.717, 1.165) is 12.6 Å². The highest BCUT2D eigenvalue weighted by molar-refractivity contribution is 4.80. The Labute approximate surface area is 88.4 Å². The maximum Gasteiger partial charge on any atom is 0.00915 e. The molecule has 1 rings (SSSR count). The normalized spacial score (nSPS) is 20.7. The van der Waals surface area contributed by atoms with Gasteiger partial charge in [0.1, 0.15) is 0 Å². The summed E-state index contributed by atoms with van der Waals surface area (Å²) in [7, 11) is 0.